The van der Waals surface area contributed by atoms with Crippen molar-refractivity contribution >= 4 is 17.8 Å². The van der Waals surface area contributed by atoms with Gasteiger partial charge in [-0.1, -0.05) is 39.3 Å². The minimum absolute atomic E-state index is 0.0308. The summed E-state index contributed by atoms with van der Waals surface area (Å²) >= 11 is 0. The number of carbonyl (C=O) groups excluding carboxylic acids is 2. The summed E-state index contributed by atoms with van der Waals surface area (Å²) in [5, 5.41) is 31.0. The zero-order valence-electron chi connectivity index (χ0n) is 22.2. The largest absolute Gasteiger partial charge is 0.457 e. The zero-order chi connectivity index (χ0) is 26.8. The number of ether oxygens (including phenoxy) is 1. The maximum Gasteiger partial charge on any atom is 0.309 e. The topological polar surface area (TPSA) is 130 Å². The highest BCUT2D eigenvalue weighted by molar-refractivity contribution is 5.88. The quantitative estimate of drug-likeness (QED) is 0.419. The normalized spacial score (nSPS) is 34.5. The van der Waals surface area contributed by atoms with Crippen molar-refractivity contribution in [2.24, 2.45) is 29.1 Å². The van der Waals surface area contributed by atoms with Crippen LogP contribution in [0.15, 0.2) is 27.9 Å². The standard InChI is InChI=1S/C28H41NO7/c1-15-7-8-22(16(2)10-20-14-35-24(13-30)29-20)36-25(32)12-23(31)28(5,6)27(34)18(4)26(33)17(3)21-11-19(21)9-15/h7,10,14,17-19,21-23,26,30-31,33H,8-9,11-13H2,1-6H3/t17-,18+,19?,21?,22-,23-,26-/m0/s1. The Labute approximate surface area is 213 Å². The summed E-state index contributed by atoms with van der Waals surface area (Å²) < 4.78 is 11.0. The third-order valence-electron chi connectivity index (χ3n) is 8.07. The molecule has 0 aromatic carbocycles. The smallest absolute Gasteiger partial charge is 0.309 e. The Balaban J connectivity index is 1.88. The molecule has 1 aromatic heterocycles. The van der Waals surface area contributed by atoms with E-state index in [0.717, 1.165) is 18.4 Å². The van der Waals surface area contributed by atoms with Crippen LogP contribution in [-0.2, 0) is 20.9 Å². The average molecular weight is 504 g/mol. The summed E-state index contributed by atoms with van der Waals surface area (Å²) in [6.45, 7) is 10.5. The molecule has 2 aliphatic rings. The second-order valence-corrected chi connectivity index (χ2v) is 11.3. The first kappa shape index (κ1) is 28.3. The molecule has 0 saturated heterocycles. The maximum absolute atomic E-state index is 13.3. The Kier molecular flexibility index (Phi) is 8.96. The molecule has 8 nitrogen and oxygen atoms in total. The van der Waals surface area contributed by atoms with Crippen LogP contribution in [0.25, 0.3) is 6.08 Å². The zero-order valence-corrected chi connectivity index (χ0v) is 22.2. The Hall–Kier alpha value is -2.29. The average Bonchev–Trinajstić information content (AvgIpc) is 3.44. The van der Waals surface area contributed by atoms with Gasteiger partial charge in [-0.2, -0.15) is 0 Å². The van der Waals surface area contributed by atoms with Gasteiger partial charge in [-0.3, -0.25) is 9.59 Å². The van der Waals surface area contributed by atoms with E-state index in [2.05, 4.69) is 18.0 Å². The fraction of sp³-hybridized carbons (Fsp3) is 0.679. The lowest BCUT2D eigenvalue weighted by Crippen LogP contribution is -2.46. The van der Waals surface area contributed by atoms with Crippen LogP contribution in [-0.4, -0.2) is 50.4 Å². The Bertz CT molecular complexity index is 1010. The fourth-order valence-electron chi connectivity index (χ4n) is 5.31. The second kappa shape index (κ2) is 11.4. The number of allylic oxidation sites excluding steroid dienone is 1. The summed E-state index contributed by atoms with van der Waals surface area (Å²) in [6, 6.07) is 0. The summed E-state index contributed by atoms with van der Waals surface area (Å²) in [7, 11) is 0. The molecule has 1 aliphatic heterocycles. The first-order valence-electron chi connectivity index (χ1n) is 12.8. The van der Waals surface area contributed by atoms with Crippen molar-refractivity contribution in [1.29, 1.82) is 0 Å². The van der Waals surface area contributed by atoms with Gasteiger partial charge >= 0.3 is 5.97 Å². The van der Waals surface area contributed by atoms with Crippen LogP contribution in [0.5, 0.6) is 0 Å². The van der Waals surface area contributed by atoms with Gasteiger partial charge in [0.15, 0.2) is 0 Å². The number of carbonyl (C=O) groups is 2. The maximum atomic E-state index is 13.3. The predicted octanol–water partition coefficient (Wildman–Crippen LogP) is 3.84. The molecule has 2 heterocycles. The number of rotatable bonds is 3. The molecular weight excluding hydrogens is 462 g/mol. The van der Waals surface area contributed by atoms with Crippen LogP contribution in [0.2, 0.25) is 0 Å². The van der Waals surface area contributed by atoms with Crippen LogP contribution in [0.1, 0.15) is 78.8 Å². The van der Waals surface area contributed by atoms with Crippen molar-refractivity contribution in [1.82, 2.24) is 4.98 Å². The number of aliphatic hydroxyl groups is 3. The van der Waals surface area contributed by atoms with Crippen molar-refractivity contribution < 1.29 is 34.1 Å². The third kappa shape index (κ3) is 6.52. The molecule has 8 heteroatoms. The molecule has 0 amide bonds. The number of aromatic nitrogens is 1. The number of ketones is 1. The number of oxazole rings is 1. The number of hydrogen-bond acceptors (Lipinski definition) is 8. The molecule has 1 fully saturated rings. The molecule has 36 heavy (non-hydrogen) atoms. The molecule has 1 aliphatic carbocycles. The van der Waals surface area contributed by atoms with Crippen molar-refractivity contribution in [3.05, 3.63) is 35.1 Å². The minimum Gasteiger partial charge on any atom is -0.457 e. The van der Waals surface area contributed by atoms with Gasteiger partial charge in [0, 0.05) is 12.3 Å². The highest BCUT2D eigenvalue weighted by Crippen LogP contribution is 2.50. The predicted molar refractivity (Wildman–Crippen MR) is 134 cm³/mol. The van der Waals surface area contributed by atoms with E-state index in [1.54, 1.807) is 26.8 Å². The van der Waals surface area contributed by atoms with Gasteiger partial charge in [0.25, 0.3) is 0 Å². The molecule has 3 rings (SSSR count). The Morgan fingerprint density at radius 2 is 1.92 bits per heavy atom. The monoisotopic (exact) mass is 503 g/mol. The number of aliphatic hydroxyl groups excluding tert-OH is 3. The minimum atomic E-state index is -1.26. The second-order valence-electron chi connectivity index (χ2n) is 11.3. The van der Waals surface area contributed by atoms with E-state index >= 15 is 0 Å². The number of nitrogens with zero attached hydrogens (tertiary/aromatic N) is 1. The van der Waals surface area contributed by atoms with Gasteiger partial charge in [0.05, 0.1) is 24.0 Å². The number of cyclic esters (lactones) is 1. The van der Waals surface area contributed by atoms with Gasteiger partial charge in [-0.15, -0.1) is 0 Å². The van der Waals surface area contributed by atoms with Crippen LogP contribution < -0.4 is 0 Å². The Morgan fingerprint density at radius 1 is 1.22 bits per heavy atom. The lowest BCUT2D eigenvalue weighted by atomic mass is 9.72. The molecule has 7 atom stereocenters. The third-order valence-corrected chi connectivity index (χ3v) is 8.07. The number of hydrogen-bond donors (Lipinski definition) is 3. The molecule has 200 valence electrons. The Morgan fingerprint density at radius 3 is 2.56 bits per heavy atom. The van der Waals surface area contributed by atoms with E-state index in [4.69, 9.17) is 9.15 Å². The number of esters is 1. The molecular formula is C28H41NO7. The fourth-order valence-corrected chi connectivity index (χ4v) is 5.31. The van der Waals surface area contributed by atoms with E-state index in [1.165, 1.54) is 11.8 Å². The number of fused-ring (bicyclic) bond motifs is 1. The molecule has 1 aromatic rings. The lowest BCUT2D eigenvalue weighted by molar-refractivity contribution is -0.154. The van der Waals surface area contributed by atoms with Crippen molar-refractivity contribution in [2.75, 3.05) is 0 Å². The molecule has 0 spiro atoms. The van der Waals surface area contributed by atoms with E-state index < -0.39 is 35.6 Å². The van der Waals surface area contributed by atoms with E-state index in [9.17, 15) is 24.9 Å². The van der Waals surface area contributed by atoms with E-state index in [1.807, 2.05) is 13.8 Å². The van der Waals surface area contributed by atoms with Gasteiger partial charge in [-0.05, 0) is 56.1 Å². The lowest BCUT2D eigenvalue weighted by Gasteiger charge is -2.34. The van der Waals surface area contributed by atoms with E-state index in [-0.39, 0.29) is 30.6 Å². The summed E-state index contributed by atoms with van der Waals surface area (Å²) in [5.41, 5.74) is 1.21. The van der Waals surface area contributed by atoms with Crippen LogP contribution >= 0.6 is 0 Å². The van der Waals surface area contributed by atoms with Gasteiger partial charge in [0.1, 0.15) is 30.5 Å². The van der Waals surface area contributed by atoms with Crippen LogP contribution in [0.4, 0.5) is 0 Å². The summed E-state index contributed by atoms with van der Waals surface area (Å²) in [5.74, 6) is -0.568. The van der Waals surface area contributed by atoms with Crippen LogP contribution in [0, 0.1) is 29.1 Å². The molecule has 3 N–H and O–H groups in total. The molecule has 0 bridgehead atoms. The van der Waals surface area contributed by atoms with Crippen molar-refractivity contribution in [2.45, 2.75) is 92.1 Å². The SMILES string of the molecule is CC1=CC[C@@H](C(C)=Cc2coc(CO)n2)OC(=O)C[C@H](O)C(C)(C)C(=O)[C@H](C)[C@@H](O)[C@@H](C)C2CC2C1. The van der Waals surface area contributed by atoms with E-state index in [0.29, 0.717) is 24.0 Å². The molecule has 0 radical (unpaired) electrons. The first-order valence-corrected chi connectivity index (χ1v) is 12.8. The highest BCUT2D eigenvalue weighted by Gasteiger charge is 2.47. The first-order chi connectivity index (χ1) is 16.8. The van der Waals surface area contributed by atoms with Gasteiger partial charge < -0.3 is 24.5 Å². The summed E-state index contributed by atoms with van der Waals surface area (Å²) in [6.07, 6.45) is 4.61. The molecule has 2 unspecified atom stereocenters. The van der Waals surface area contributed by atoms with Crippen LogP contribution in [0.3, 0.4) is 0 Å². The van der Waals surface area contributed by atoms with Crippen molar-refractivity contribution in [3.63, 3.8) is 0 Å². The van der Waals surface area contributed by atoms with Crippen molar-refractivity contribution in [3.8, 4) is 0 Å². The highest BCUT2D eigenvalue weighted by atomic mass is 16.5. The summed E-state index contributed by atoms with van der Waals surface area (Å²) in [4.78, 5) is 30.3. The number of Topliss-reactive ketones (excluding diaryl/α,β-unsaturated/α-hetero) is 1. The van der Waals surface area contributed by atoms with Gasteiger partial charge in [0.2, 0.25) is 5.89 Å². The van der Waals surface area contributed by atoms with Gasteiger partial charge in [-0.25, -0.2) is 4.98 Å². The molecule has 1 saturated carbocycles.